The lowest BCUT2D eigenvalue weighted by molar-refractivity contribution is 0.0297. The van der Waals surface area contributed by atoms with Gasteiger partial charge in [-0.2, -0.15) is 0 Å². The van der Waals surface area contributed by atoms with Crippen molar-refractivity contribution in [1.29, 1.82) is 0 Å². The summed E-state index contributed by atoms with van der Waals surface area (Å²) in [5, 5.41) is 3.44. The molecular formula is C16H25NO. The summed E-state index contributed by atoms with van der Waals surface area (Å²) in [5.74, 6) is 1.70. The Labute approximate surface area is 111 Å². The zero-order chi connectivity index (χ0) is 13.3. The maximum Gasteiger partial charge on any atom is 0.124 e. The van der Waals surface area contributed by atoms with E-state index in [0.29, 0.717) is 12.0 Å². The molecule has 18 heavy (non-hydrogen) atoms. The Morgan fingerprint density at radius 3 is 2.78 bits per heavy atom. The summed E-state index contributed by atoms with van der Waals surface area (Å²) in [5.41, 5.74) is 2.55. The Kier molecular flexibility index (Phi) is 3.67. The van der Waals surface area contributed by atoms with Crippen molar-refractivity contribution >= 4 is 0 Å². The molecule has 0 bridgehead atoms. The van der Waals surface area contributed by atoms with Crippen LogP contribution in [0.15, 0.2) is 18.2 Å². The molecule has 0 amide bonds. The van der Waals surface area contributed by atoms with Gasteiger partial charge in [0.15, 0.2) is 0 Å². The first-order chi connectivity index (χ1) is 8.43. The van der Waals surface area contributed by atoms with E-state index in [-0.39, 0.29) is 5.60 Å². The smallest absolute Gasteiger partial charge is 0.124 e. The molecule has 2 nitrogen and oxygen atoms in total. The fourth-order valence-electron chi connectivity index (χ4n) is 3.13. The molecule has 0 spiro atoms. The molecule has 1 aromatic rings. The van der Waals surface area contributed by atoms with E-state index in [2.05, 4.69) is 51.2 Å². The average molecular weight is 247 g/mol. The fourth-order valence-corrected chi connectivity index (χ4v) is 3.13. The maximum absolute atomic E-state index is 6.28. The molecule has 1 aromatic carbocycles. The summed E-state index contributed by atoms with van der Waals surface area (Å²) in [6, 6.07) is 6.89. The number of hydrogen-bond donors (Lipinski definition) is 1. The van der Waals surface area contributed by atoms with E-state index >= 15 is 0 Å². The van der Waals surface area contributed by atoms with Gasteiger partial charge in [0.05, 0.1) is 0 Å². The van der Waals surface area contributed by atoms with Gasteiger partial charge in [-0.25, -0.2) is 0 Å². The van der Waals surface area contributed by atoms with E-state index in [1.54, 1.807) is 0 Å². The van der Waals surface area contributed by atoms with Crippen molar-refractivity contribution in [2.24, 2.45) is 5.92 Å². The molecule has 0 radical (unpaired) electrons. The molecule has 0 saturated carbocycles. The first-order valence-electron chi connectivity index (χ1n) is 6.90. The molecular weight excluding hydrogens is 222 g/mol. The third-order valence-electron chi connectivity index (χ3n) is 3.72. The molecule has 0 aromatic heterocycles. The van der Waals surface area contributed by atoms with Crippen LogP contribution in [-0.4, -0.2) is 12.6 Å². The number of nitrogens with one attached hydrogen (secondary N) is 1. The average Bonchev–Trinajstić information content (AvgIpc) is 2.27. The standard InChI is InChI=1S/C16H25NO/c1-11(2)9-16(4)10-14(17-5)13-8-12(3)6-7-15(13)18-16/h6-8,11,14,17H,9-10H2,1-5H3. The second-order valence-electron chi connectivity index (χ2n) is 6.24. The predicted molar refractivity (Wildman–Crippen MR) is 76.1 cm³/mol. The van der Waals surface area contributed by atoms with Gasteiger partial charge in [-0.15, -0.1) is 0 Å². The van der Waals surface area contributed by atoms with Gasteiger partial charge in [-0.3, -0.25) is 0 Å². The van der Waals surface area contributed by atoms with Crippen molar-refractivity contribution in [3.8, 4) is 5.75 Å². The Morgan fingerprint density at radius 2 is 2.17 bits per heavy atom. The molecule has 0 aliphatic carbocycles. The zero-order valence-corrected chi connectivity index (χ0v) is 12.2. The van der Waals surface area contributed by atoms with Gasteiger partial charge in [-0.1, -0.05) is 31.5 Å². The molecule has 1 N–H and O–H groups in total. The van der Waals surface area contributed by atoms with E-state index in [1.165, 1.54) is 11.1 Å². The SMILES string of the molecule is CNC1CC(C)(CC(C)C)Oc2ccc(C)cc21. The van der Waals surface area contributed by atoms with Crippen molar-refractivity contribution in [1.82, 2.24) is 5.32 Å². The topological polar surface area (TPSA) is 21.3 Å². The molecule has 100 valence electrons. The van der Waals surface area contributed by atoms with Gasteiger partial charge in [0, 0.05) is 18.0 Å². The lowest BCUT2D eigenvalue weighted by Crippen LogP contribution is -2.42. The Morgan fingerprint density at radius 1 is 1.44 bits per heavy atom. The van der Waals surface area contributed by atoms with Crippen LogP contribution < -0.4 is 10.1 Å². The number of rotatable bonds is 3. The first kappa shape index (κ1) is 13.4. The molecule has 0 saturated heterocycles. The highest BCUT2D eigenvalue weighted by atomic mass is 16.5. The second kappa shape index (κ2) is 4.93. The van der Waals surface area contributed by atoms with Crippen LogP contribution in [0.1, 0.15) is 50.8 Å². The third kappa shape index (κ3) is 2.69. The Balaban J connectivity index is 2.33. The van der Waals surface area contributed by atoms with Gasteiger partial charge < -0.3 is 10.1 Å². The quantitative estimate of drug-likeness (QED) is 0.876. The summed E-state index contributed by atoms with van der Waals surface area (Å²) in [6.45, 7) is 8.89. The summed E-state index contributed by atoms with van der Waals surface area (Å²) < 4.78 is 6.28. The molecule has 1 aliphatic rings. The van der Waals surface area contributed by atoms with Crippen molar-refractivity contribution < 1.29 is 4.74 Å². The van der Waals surface area contributed by atoms with E-state index in [4.69, 9.17) is 4.74 Å². The van der Waals surface area contributed by atoms with Crippen LogP contribution in [0.4, 0.5) is 0 Å². The van der Waals surface area contributed by atoms with Gasteiger partial charge in [0.1, 0.15) is 11.4 Å². The van der Waals surface area contributed by atoms with Crippen molar-refractivity contribution in [3.63, 3.8) is 0 Å². The third-order valence-corrected chi connectivity index (χ3v) is 3.72. The number of aryl methyl sites for hydroxylation is 1. The molecule has 2 atom stereocenters. The summed E-state index contributed by atoms with van der Waals surface area (Å²) in [7, 11) is 2.04. The van der Waals surface area contributed by atoms with Crippen LogP contribution in [0.3, 0.4) is 0 Å². The first-order valence-corrected chi connectivity index (χ1v) is 6.90. The summed E-state index contributed by atoms with van der Waals surface area (Å²) in [4.78, 5) is 0. The van der Waals surface area contributed by atoms with Crippen LogP contribution in [0.2, 0.25) is 0 Å². The molecule has 2 heteroatoms. The number of fused-ring (bicyclic) bond motifs is 1. The van der Waals surface area contributed by atoms with E-state index in [9.17, 15) is 0 Å². The molecule has 2 rings (SSSR count). The lowest BCUT2D eigenvalue weighted by Gasteiger charge is -2.41. The molecule has 2 unspecified atom stereocenters. The number of benzene rings is 1. The second-order valence-corrected chi connectivity index (χ2v) is 6.24. The van der Waals surface area contributed by atoms with E-state index in [0.717, 1.165) is 18.6 Å². The van der Waals surface area contributed by atoms with Gasteiger partial charge in [-0.05, 0) is 39.3 Å². The van der Waals surface area contributed by atoms with Crippen molar-refractivity contribution in [2.45, 2.75) is 52.2 Å². The minimum Gasteiger partial charge on any atom is -0.487 e. The molecule has 1 aliphatic heterocycles. The summed E-state index contributed by atoms with van der Waals surface area (Å²) >= 11 is 0. The fraction of sp³-hybridized carbons (Fsp3) is 0.625. The van der Waals surface area contributed by atoms with E-state index < -0.39 is 0 Å². The number of ether oxygens (including phenoxy) is 1. The van der Waals surface area contributed by atoms with Gasteiger partial charge >= 0.3 is 0 Å². The van der Waals surface area contributed by atoms with Crippen LogP contribution in [-0.2, 0) is 0 Å². The number of hydrogen-bond acceptors (Lipinski definition) is 2. The molecule has 0 fully saturated rings. The highest BCUT2D eigenvalue weighted by Gasteiger charge is 2.37. The normalized spacial score (nSPS) is 26.9. The van der Waals surface area contributed by atoms with Gasteiger partial charge in [0.2, 0.25) is 0 Å². The Bertz CT molecular complexity index is 427. The van der Waals surface area contributed by atoms with Crippen molar-refractivity contribution in [2.75, 3.05) is 7.05 Å². The maximum atomic E-state index is 6.28. The van der Waals surface area contributed by atoms with E-state index in [1.807, 2.05) is 7.05 Å². The minimum atomic E-state index is -0.0515. The largest absolute Gasteiger partial charge is 0.487 e. The predicted octanol–water partition coefficient (Wildman–Crippen LogP) is 3.84. The zero-order valence-electron chi connectivity index (χ0n) is 12.2. The highest BCUT2D eigenvalue weighted by Crippen LogP contribution is 2.42. The Hall–Kier alpha value is -1.02. The monoisotopic (exact) mass is 247 g/mol. The van der Waals surface area contributed by atoms with Crippen molar-refractivity contribution in [3.05, 3.63) is 29.3 Å². The summed E-state index contributed by atoms with van der Waals surface area (Å²) in [6.07, 6.45) is 2.14. The van der Waals surface area contributed by atoms with Gasteiger partial charge in [0.25, 0.3) is 0 Å². The van der Waals surface area contributed by atoms with Crippen LogP contribution in [0.25, 0.3) is 0 Å². The minimum absolute atomic E-state index is 0.0515. The van der Waals surface area contributed by atoms with Crippen LogP contribution >= 0.6 is 0 Å². The highest BCUT2D eigenvalue weighted by molar-refractivity contribution is 5.41. The molecule has 1 heterocycles. The van der Waals surface area contributed by atoms with Crippen LogP contribution in [0, 0.1) is 12.8 Å². The lowest BCUT2D eigenvalue weighted by atomic mass is 9.83. The van der Waals surface area contributed by atoms with Crippen LogP contribution in [0.5, 0.6) is 5.75 Å².